The Hall–Kier alpha value is -1.51. The zero-order chi connectivity index (χ0) is 15.1. The monoisotopic (exact) mass is 318 g/mol. The molecule has 0 aliphatic carbocycles. The Morgan fingerprint density at radius 3 is 2.50 bits per heavy atom. The van der Waals surface area contributed by atoms with Gasteiger partial charge in [0.05, 0.1) is 0 Å². The van der Waals surface area contributed by atoms with Gasteiger partial charge in [0.15, 0.2) is 0 Å². The second-order valence-electron chi connectivity index (χ2n) is 5.13. The third-order valence-corrected chi connectivity index (χ3v) is 3.91. The molecule has 0 heterocycles. The van der Waals surface area contributed by atoms with Crippen LogP contribution >= 0.6 is 0 Å². The van der Waals surface area contributed by atoms with Crippen LogP contribution in [0, 0.1) is 0 Å². The summed E-state index contributed by atoms with van der Waals surface area (Å²) in [6.45, 7) is 12.1. The van der Waals surface area contributed by atoms with E-state index in [9.17, 15) is 0 Å². The highest BCUT2D eigenvalue weighted by Gasteiger charge is 2.08. The van der Waals surface area contributed by atoms with Gasteiger partial charge in [0.25, 0.3) is 0 Å². The van der Waals surface area contributed by atoms with Gasteiger partial charge in [0.2, 0.25) is 0 Å². The average Bonchev–Trinajstić information content (AvgIpc) is 2.53. The molecule has 0 unspecified atom stereocenters. The lowest BCUT2D eigenvalue weighted by atomic mass is 10.0. The van der Waals surface area contributed by atoms with Gasteiger partial charge in [-0.05, 0) is 36.3 Å². The molecule has 0 saturated carbocycles. The smallest absolute Gasteiger partial charge is 0.123 e. The second-order valence-corrected chi connectivity index (χ2v) is 5.13. The minimum Gasteiger partial charge on any atom is -1.00 e. The minimum atomic E-state index is 0. The molecule has 0 spiro atoms. The first-order chi connectivity index (χ1) is 10.3. The van der Waals surface area contributed by atoms with E-state index in [1.54, 1.807) is 0 Å². The van der Waals surface area contributed by atoms with E-state index < -0.39 is 0 Å². The standard InChI is InChI=1S/C19H25NO.ClH/c1-4-9-18-17-11-8-7-10-16(17)12-13-19(18)21-15-14-20(5-2)6-3;/h4,7-8,10-13H,1,5-6,9,14-15H2,2-3H3;1H/p-1. The molecule has 2 nitrogen and oxygen atoms in total. The van der Waals surface area contributed by atoms with Crippen molar-refractivity contribution < 1.29 is 17.1 Å². The Bertz CT molecular complexity index is 593. The van der Waals surface area contributed by atoms with E-state index in [0.29, 0.717) is 0 Å². The first-order valence-corrected chi connectivity index (χ1v) is 7.76. The highest BCUT2D eigenvalue weighted by molar-refractivity contribution is 5.87. The summed E-state index contributed by atoms with van der Waals surface area (Å²) in [5.41, 5.74) is 1.24. The Labute approximate surface area is 140 Å². The number of benzene rings is 2. The summed E-state index contributed by atoms with van der Waals surface area (Å²) < 4.78 is 6.04. The molecule has 0 aliphatic rings. The largest absolute Gasteiger partial charge is 1.00 e. The molecule has 0 amide bonds. The van der Waals surface area contributed by atoms with E-state index in [-0.39, 0.29) is 12.4 Å². The maximum atomic E-state index is 6.04. The number of likely N-dealkylation sites (N-methyl/N-ethyl adjacent to an activating group) is 1. The second kappa shape index (κ2) is 9.50. The van der Waals surface area contributed by atoms with Gasteiger partial charge >= 0.3 is 0 Å². The lowest BCUT2D eigenvalue weighted by Gasteiger charge is -2.19. The molecular formula is C19H25ClNO-. The number of halogens is 1. The van der Waals surface area contributed by atoms with Crippen molar-refractivity contribution in [2.75, 3.05) is 26.2 Å². The van der Waals surface area contributed by atoms with Gasteiger partial charge in [-0.2, -0.15) is 0 Å². The van der Waals surface area contributed by atoms with Gasteiger partial charge in [0, 0.05) is 12.1 Å². The van der Waals surface area contributed by atoms with Crippen molar-refractivity contribution in [3.8, 4) is 5.75 Å². The highest BCUT2D eigenvalue weighted by atomic mass is 35.5. The Morgan fingerprint density at radius 2 is 1.82 bits per heavy atom. The molecule has 22 heavy (non-hydrogen) atoms. The lowest BCUT2D eigenvalue weighted by Crippen LogP contribution is -3.00. The number of hydrogen-bond acceptors (Lipinski definition) is 2. The summed E-state index contributed by atoms with van der Waals surface area (Å²) >= 11 is 0. The van der Waals surface area contributed by atoms with E-state index in [2.05, 4.69) is 61.7 Å². The van der Waals surface area contributed by atoms with Crippen molar-refractivity contribution in [2.45, 2.75) is 20.3 Å². The van der Waals surface area contributed by atoms with Crippen LogP contribution in [-0.4, -0.2) is 31.1 Å². The van der Waals surface area contributed by atoms with Crippen molar-refractivity contribution in [3.63, 3.8) is 0 Å². The van der Waals surface area contributed by atoms with Gasteiger partial charge in [-0.15, -0.1) is 6.58 Å². The molecule has 2 aromatic carbocycles. The van der Waals surface area contributed by atoms with E-state index in [4.69, 9.17) is 4.74 Å². The maximum absolute atomic E-state index is 6.04. The van der Waals surface area contributed by atoms with Crippen LogP contribution in [-0.2, 0) is 6.42 Å². The van der Waals surface area contributed by atoms with Gasteiger partial charge in [0.1, 0.15) is 12.4 Å². The van der Waals surface area contributed by atoms with E-state index >= 15 is 0 Å². The van der Waals surface area contributed by atoms with Gasteiger partial charge in [-0.3, -0.25) is 0 Å². The molecule has 0 N–H and O–H groups in total. The van der Waals surface area contributed by atoms with E-state index in [0.717, 1.165) is 38.4 Å². The quantitative estimate of drug-likeness (QED) is 0.680. The third-order valence-electron chi connectivity index (χ3n) is 3.91. The summed E-state index contributed by atoms with van der Waals surface area (Å²) in [7, 11) is 0. The molecule has 0 atom stereocenters. The topological polar surface area (TPSA) is 12.5 Å². The van der Waals surface area contributed by atoms with Crippen molar-refractivity contribution in [3.05, 3.63) is 54.6 Å². The Balaban J connectivity index is 0.00000242. The number of rotatable bonds is 8. The molecule has 0 aromatic heterocycles. The average molecular weight is 319 g/mol. The van der Waals surface area contributed by atoms with Gasteiger partial charge in [-0.1, -0.05) is 50.3 Å². The molecule has 0 radical (unpaired) electrons. The zero-order valence-corrected chi connectivity index (χ0v) is 14.3. The predicted octanol–water partition coefficient (Wildman–Crippen LogP) is 1.29. The van der Waals surface area contributed by atoms with E-state index in [1.807, 2.05) is 6.08 Å². The van der Waals surface area contributed by atoms with Crippen molar-refractivity contribution in [1.82, 2.24) is 4.90 Å². The number of nitrogens with zero attached hydrogens (tertiary/aromatic N) is 1. The Morgan fingerprint density at radius 1 is 1.09 bits per heavy atom. The summed E-state index contributed by atoms with van der Waals surface area (Å²) in [6.07, 6.45) is 2.78. The fourth-order valence-electron chi connectivity index (χ4n) is 2.63. The first-order valence-electron chi connectivity index (χ1n) is 7.76. The van der Waals surface area contributed by atoms with Gasteiger partial charge < -0.3 is 22.0 Å². The molecule has 120 valence electrons. The molecule has 0 saturated heterocycles. The molecule has 0 bridgehead atoms. The third kappa shape index (κ3) is 4.49. The fraction of sp³-hybridized carbons (Fsp3) is 0.368. The molecule has 2 rings (SSSR count). The highest BCUT2D eigenvalue weighted by Crippen LogP contribution is 2.28. The summed E-state index contributed by atoms with van der Waals surface area (Å²) in [4.78, 5) is 2.37. The number of ether oxygens (including phenoxy) is 1. The number of fused-ring (bicyclic) bond motifs is 1. The van der Waals surface area contributed by atoms with Crippen LogP contribution in [0.15, 0.2) is 49.1 Å². The number of allylic oxidation sites excluding steroid dienone is 1. The van der Waals surface area contributed by atoms with Crippen LogP contribution in [0.2, 0.25) is 0 Å². The van der Waals surface area contributed by atoms with Crippen molar-refractivity contribution >= 4 is 10.8 Å². The molecule has 0 aliphatic heterocycles. The molecule has 2 aromatic rings. The van der Waals surface area contributed by atoms with E-state index in [1.165, 1.54) is 16.3 Å². The predicted molar refractivity (Wildman–Crippen MR) is 91.1 cm³/mol. The zero-order valence-electron chi connectivity index (χ0n) is 13.5. The summed E-state index contributed by atoms with van der Waals surface area (Å²) in [5, 5.41) is 2.52. The first kappa shape index (κ1) is 18.5. The van der Waals surface area contributed by atoms with Crippen LogP contribution in [0.25, 0.3) is 10.8 Å². The SMILES string of the molecule is C=CCc1c(OCCN(CC)CC)ccc2ccccc12.[Cl-]. The minimum absolute atomic E-state index is 0. The summed E-state index contributed by atoms with van der Waals surface area (Å²) in [5.74, 6) is 0.987. The van der Waals surface area contributed by atoms with Crippen LogP contribution in [0.5, 0.6) is 5.75 Å². The fourth-order valence-corrected chi connectivity index (χ4v) is 2.63. The van der Waals surface area contributed by atoms with Crippen molar-refractivity contribution in [1.29, 1.82) is 0 Å². The Kier molecular flexibility index (Phi) is 8.00. The lowest BCUT2D eigenvalue weighted by molar-refractivity contribution is -0.00000477. The van der Waals surface area contributed by atoms with Crippen LogP contribution in [0.4, 0.5) is 0 Å². The normalized spacial score (nSPS) is 10.5. The van der Waals surface area contributed by atoms with Crippen LogP contribution < -0.4 is 17.1 Å². The molecule has 3 heteroatoms. The van der Waals surface area contributed by atoms with Gasteiger partial charge in [-0.25, -0.2) is 0 Å². The molecular weight excluding hydrogens is 294 g/mol. The molecule has 0 fully saturated rings. The van der Waals surface area contributed by atoms with Crippen LogP contribution in [0.1, 0.15) is 19.4 Å². The van der Waals surface area contributed by atoms with Crippen molar-refractivity contribution in [2.24, 2.45) is 0 Å². The van der Waals surface area contributed by atoms with Crippen LogP contribution in [0.3, 0.4) is 0 Å². The maximum Gasteiger partial charge on any atom is 0.123 e. The number of hydrogen-bond donors (Lipinski definition) is 0. The summed E-state index contributed by atoms with van der Waals surface area (Å²) in [6, 6.07) is 12.7.